The van der Waals surface area contributed by atoms with Crippen molar-refractivity contribution < 1.29 is 9.21 Å². The molecule has 0 bridgehead atoms. The summed E-state index contributed by atoms with van der Waals surface area (Å²) < 4.78 is 7.51. The van der Waals surface area contributed by atoms with Gasteiger partial charge >= 0.3 is 0 Å². The first-order valence-electron chi connectivity index (χ1n) is 10.0. The van der Waals surface area contributed by atoms with Crippen LogP contribution in [0.25, 0.3) is 21.9 Å². The minimum absolute atomic E-state index is 0.287. The van der Waals surface area contributed by atoms with E-state index in [0.717, 1.165) is 27.5 Å². The summed E-state index contributed by atoms with van der Waals surface area (Å²) in [6, 6.07) is 21.6. The van der Waals surface area contributed by atoms with Crippen LogP contribution in [0.3, 0.4) is 0 Å². The fourth-order valence-electron chi connectivity index (χ4n) is 3.78. The zero-order valence-corrected chi connectivity index (χ0v) is 17.9. The van der Waals surface area contributed by atoms with Gasteiger partial charge in [-0.3, -0.25) is 4.79 Å². The van der Waals surface area contributed by atoms with Gasteiger partial charge in [0.25, 0.3) is 5.91 Å². The molecule has 0 saturated carbocycles. The maximum Gasteiger partial charge on any atom is 0.260 e. The molecule has 1 N–H and O–H groups in total. The Morgan fingerprint density at radius 2 is 1.74 bits per heavy atom. The van der Waals surface area contributed by atoms with Gasteiger partial charge in [-0.15, -0.1) is 0 Å². The number of carbonyl (C=O) groups excluding carboxylic acids is 1. The number of hydrogen-bond donors (Lipinski definition) is 1. The number of benzene rings is 3. The SMILES string of the molecule is Cc1ccc(Cn2nc(C)c(C(=O)Nc3ccc4oc5ccccc5c4c3)c2Cl)cc1. The first-order valence-corrected chi connectivity index (χ1v) is 10.4. The van der Waals surface area contributed by atoms with E-state index in [0.29, 0.717) is 28.6 Å². The Balaban J connectivity index is 1.43. The first kappa shape index (κ1) is 19.4. The molecule has 0 radical (unpaired) electrons. The first-order chi connectivity index (χ1) is 15.0. The quantitative estimate of drug-likeness (QED) is 0.362. The Morgan fingerprint density at radius 3 is 2.55 bits per heavy atom. The number of halogens is 1. The molecule has 0 aliphatic rings. The predicted molar refractivity (Wildman–Crippen MR) is 124 cm³/mol. The van der Waals surface area contributed by atoms with Gasteiger partial charge in [0.15, 0.2) is 0 Å². The monoisotopic (exact) mass is 429 g/mol. The molecular formula is C25H20ClN3O2. The van der Waals surface area contributed by atoms with E-state index in [4.69, 9.17) is 16.0 Å². The molecule has 0 unspecified atom stereocenters. The second kappa shape index (κ2) is 7.60. The molecule has 3 aromatic carbocycles. The minimum Gasteiger partial charge on any atom is -0.456 e. The van der Waals surface area contributed by atoms with E-state index in [2.05, 4.69) is 10.4 Å². The molecule has 5 aromatic rings. The maximum absolute atomic E-state index is 13.0. The van der Waals surface area contributed by atoms with E-state index in [1.165, 1.54) is 5.56 Å². The molecule has 0 fully saturated rings. The van der Waals surface area contributed by atoms with Crippen molar-refractivity contribution in [2.75, 3.05) is 5.32 Å². The van der Waals surface area contributed by atoms with Gasteiger partial charge in [-0.25, -0.2) is 4.68 Å². The van der Waals surface area contributed by atoms with Gasteiger partial charge in [0.05, 0.1) is 17.8 Å². The van der Waals surface area contributed by atoms with Crippen LogP contribution < -0.4 is 5.32 Å². The molecule has 31 heavy (non-hydrogen) atoms. The van der Waals surface area contributed by atoms with Crippen LogP contribution in [0.5, 0.6) is 0 Å². The third kappa shape index (κ3) is 3.57. The molecule has 0 aliphatic heterocycles. The Morgan fingerprint density at radius 1 is 1.00 bits per heavy atom. The van der Waals surface area contributed by atoms with E-state index in [1.54, 1.807) is 11.6 Å². The number of nitrogens with zero attached hydrogens (tertiary/aromatic N) is 2. The lowest BCUT2D eigenvalue weighted by molar-refractivity contribution is 0.102. The highest BCUT2D eigenvalue weighted by Gasteiger charge is 2.21. The van der Waals surface area contributed by atoms with E-state index in [9.17, 15) is 4.79 Å². The largest absolute Gasteiger partial charge is 0.456 e. The highest BCUT2D eigenvalue weighted by atomic mass is 35.5. The molecule has 0 saturated heterocycles. The zero-order chi connectivity index (χ0) is 21.5. The standard InChI is InChI=1S/C25H20ClN3O2/c1-15-7-9-17(10-8-15)14-29-24(26)23(16(2)28-29)25(30)27-18-11-12-22-20(13-18)19-5-3-4-6-21(19)31-22/h3-13H,14H2,1-2H3,(H,27,30). The van der Waals surface area contributed by atoms with Crippen LogP contribution in [-0.2, 0) is 6.54 Å². The van der Waals surface area contributed by atoms with Gasteiger partial charge in [0.1, 0.15) is 16.3 Å². The lowest BCUT2D eigenvalue weighted by Gasteiger charge is -2.06. The number of anilines is 1. The van der Waals surface area contributed by atoms with Crippen molar-refractivity contribution in [1.82, 2.24) is 9.78 Å². The summed E-state index contributed by atoms with van der Waals surface area (Å²) in [5, 5.41) is 9.72. The van der Waals surface area contributed by atoms with Gasteiger partial charge in [-0.1, -0.05) is 59.6 Å². The molecule has 154 valence electrons. The molecule has 5 nitrogen and oxygen atoms in total. The van der Waals surface area contributed by atoms with Gasteiger partial charge in [0.2, 0.25) is 0 Å². The fraction of sp³-hybridized carbons (Fsp3) is 0.120. The number of aromatic nitrogens is 2. The molecule has 2 aromatic heterocycles. The molecular weight excluding hydrogens is 410 g/mol. The summed E-state index contributed by atoms with van der Waals surface area (Å²) in [6.07, 6.45) is 0. The van der Waals surface area contributed by atoms with E-state index in [-0.39, 0.29) is 5.91 Å². The van der Waals surface area contributed by atoms with Crippen LogP contribution in [-0.4, -0.2) is 15.7 Å². The van der Waals surface area contributed by atoms with Crippen molar-refractivity contribution in [1.29, 1.82) is 0 Å². The highest BCUT2D eigenvalue weighted by molar-refractivity contribution is 6.33. The molecule has 0 spiro atoms. The number of nitrogens with one attached hydrogen (secondary N) is 1. The highest BCUT2D eigenvalue weighted by Crippen LogP contribution is 2.31. The summed E-state index contributed by atoms with van der Waals surface area (Å²) in [7, 11) is 0. The van der Waals surface area contributed by atoms with Crippen molar-refractivity contribution in [3.63, 3.8) is 0 Å². The van der Waals surface area contributed by atoms with E-state index in [1.807, 2.05) is 73.7 Å². The molecule has 1 amide bonds. The lowest BCUT2D eigenvalue weighted by Crippen LogP contribution is -2.13. The fourth-order valence-corrected chi connectivity index (χ4v) is 4.10. The van der Waals surface area contributed by atoms with Crippen molar-refractivity contribution in [3.8, 4) is 0 Å². The number of hydrogen-bond acceptors (Lipinski definition) is 3. The zero-order valence-electron chi connectivity index (χ0n) is 17.1. The Bertz CT molecular complexity index is 1430. The Kier molecular flexibility index (Phi) is 4.75. The molecule has 0 atom stereocenters. The van der Waals surface area contributed by atoms with Crippen molar-refractivity contribution in [2.24, 2.45) is 0 Å². The van der Waals surface area contributed by atoms with Crippen LogP contribution >= 0.6 is 11.6 Å². The lowest BCUT2D eigenvalue weighted by atomic mass is 10.1. The molecule has 6 heteroatoms. The number of amides is 1. The third-order valence-corrected chi connectivity index (χ3v) is 5.76. The second-order valence-electron chi connectivity index (χ2n) is 7.66. The maximum atomic E-state index is 13.0. The van der Waals surface area contributed by atoms with Gasteiger partial charge in [-0.05, 0) is 43.7 Å². The minimum atomic E-state index is -0.287. The number of rotatable bonds is 4. The predicted octanol–water partition coefficient (Wildman–Crippen LogP) is 6.35. The van der Waals surface area contributed by atoms with E-state index >= 15 is 0 Å². The van der Waals surface area contributed by atoms with Crippen LogP contribution in [0.15, 0.2) is 71.1 Å². The third-order valence-electron chi connectivity index (χ3n) is 5.38. The van der Waals surface area contributed by atoms with E-state index < -0.39 is 0 Å². The van der Waals surface area contributed by atoms with Crippen molar-refractivity contribution >= 4 is 45.1 Å². The number of para-hydroxylation sites is 1. The topological polar surface area (TPSA) is 60.1 Å². The van der Waals surface area contributed by atoms with Crippen molar-refractivity contribution in [2.45, 2.75) is 20.4 Å². The average molecular weight is 430 g/mol. The van der Waals surface area contributed by atoms with Gasteiger partial charge in [-0.2, -0.15) is 5.10 Å². The van der Waals surface area contributed by atoms with Crippen molar-refractivity contribution in [3.05, 3.63) is 94.3 Å². The number of carbonyl (C=O) groups is 1. The summed E-state index contributed by atoms with van der Waals surface area (Å²) in [5.74, 6) is -0.287. The van der Waals surface area contributed by atoms with Gasteiger partial charge < -0.3 is 9.73 Å². The van der Waals surface area contributed by atoms with Crippen LogP contribution in [0.4, 0.5) is 5.69 Å². The molecule has 0 aliphatic carbocycles. The summed E-state index contributed by atoms with van der Waals surface area (Å²) in [6.45, 7) is 4.33. The van der Waals surface area contributed by atoms with Crippen LogP contribution in [0, 0.1) is 13.8 Å². The summed E-state index contributed by atoms with van der Waals surface area (Å²) in [4.78, 5) is 13.0. The number of furan rings is 1. The summed E-state index contributed by atoms with van der Waals surface area (Å²) in [5.41, 5.74) is 5.49. The average Bonchev–Trinajstić information content (AvgIpc) is 3.26. The van der Waals surface area contributed by atoms with Crippen LogP contribution in [0.2, 0.25) is 5.15 Å². The van der Waals surface area contributed by atoms with Gasteiger partial charge in [0, 0.05) is 16.5 Å². The Hall–Kier alpha value is -3.57. The smallest absolute Gasteiger partial charge is 0.260 e. The second-order valence-corrected chi connectivity index (χ2v) is 8.02. The Labute approximate surface area is 184 Å². The molecule has 5 rings (SSSR count). The summed E-state index contributed by atoms with van der Waals surface area (Å²) >= 11 is 6.55. The molecule has 2 heterocycles. The number of fused-ring (bicyclic) bond motifs is 3. The normalized spacial score (nSPS) is 11.3. The van der Waals surface area contributed by atoms with Crippen LogP contribution in [0.1, 0.15) is 27.2 Å². The number of aryl methyl sites for hydroxylation is 2.